The van der Waals surface area contributed by atoms with Crippen molar-refractivity contribution >= 4 is 0 Å². The standard InChI is InChI=1S/C16H20N4O2/c1-21-12-4-7-17-13(10-12)14-18-15(22-19-14)16-5-2-8-20(11-16)9-3-6-16/h4,7,10H,2-3,5-6,8-9,11H2,1H3. The maximum absolute atomic E-state index is 5.64. The van der Waals surface area contributed by atoms with Gasteiger partial charge in [-0.05, 0) is 44.8 Å². The highest BCUT2D eigenvalue weighted by atomic mass is 16.5. The largest absolute Gasteiger partial charge is 0.497 e. The molecule has 6 heteroatoms. The van der Waals surface area contributed by atoms with Crippen LogP contribution in [0.15, 0.2) is 22.9 Å². The quantitative estimate of drug-likeness (QED) is 0.866. The molecule has 6 nitrogen and oxygen atoms in total. The Morgan fingerprint density at radius 3 is 2.86 bits per heavy atom. The van der Waals surface area contributed by atoms with Gasteiger partial charge in [0, 0.05) is 18.8 Å². The van der Waals surface area contributed by atoms with E-state index in [1.165, 1.54) is 25.9 Å². The predicted octanol–water partition coefficient (Wildman–Crippen LogP) is 2.27. The summed E-state index contributed by atoms with van der Waals surface area (Å²) in [6.45, 7) is 3.43. The number of ether oxygens (including phenoxy) is 1. The molecular weight excluding hydrogens is 280 g/mol. The zero-order chi connectivity index (χ0) is 15.0. The fraction of sp³-hybridized carbons (Fsp3) is 0.562. The molecule has 0 atom stereocenters. The van der Waals surface area contributed by atoms with E-state index in [-0.39, 0.29) is 5.41 Å². The van der Waals surface area contributed by atoms with Crippen LogP contribution in [0.2, 0.25) is 0 Å². The highest BCUT2D eigenvalue weighted by molar-refractivity contribution is 5.51. The maximum Gasteiger partial charge on any atom is 0.234 e. The van der Waals surface area contributed by atoms with Crippen molar-refractivity contribution in [2.75, 3.05) is 26.7 Å². The van der Waals surface area contributed by atoms with Gasteiger partial charge in [0.2, 0.25) is 11.7 Å². The van der Waals surface area contributed by atoms with Crippen molar-refractivity contribution in [1.29, 1.82) is 0 Å². The molecular formula is C16H20N4O2. The summed E-state index contributed by atoms with van der Waals surface area (Å²) in [6.07, 6.45) is 6.38. The predicted molar refractivity (Wildman–Crippen MR) is 80.7 cm³/mol. The van der Waals surface area contributed by atoms with Gasteiger partial charge in [0.25, 0.3) is 0 Å². The molecule has 0 unspecified atom stereocenters. The number of hydrogen-bond donors (Lipinski definition) is 0. The van der Waals surface area contributed by atoms with Gasteiger partial charge in [0.1, 0.15) is 11.4 Å². The Morgan fingerprint density at radius 1 is 1.27 bits per heavy atom. The van der Waals surface area contributed by atoms with Gasteiger partial charge < -0.3 is 14.2 Å². The van der Waals surface area contributed by atoms with E-state index in [0.29, 0.717) is 11.5 Å². The Hall–Kier alpha value is -1.95. The van der Waals surface area contributed by atoms with E-state index in [2.05, 4.69) is 20.0 Å². The topological polar surface area (TPSA) is 64.3 Å². The van der Waals surface area contributed by atoms with E-state index in [1.807, 2.05) is 12.1 Å². The summed E-state index contributed by atoms with van der Waals surface area (Å²) < 4.78 is 10.9. The number of methoxy groups -OCH3 is 1. The molecule has 22 heavy (non-hydrogen) atoms. The fourth-order valence-electron chi connectivity index (χ4n) is 3.75. The molecule has 2 fully saturated rings. The van der Waals surface area contributed by atoms with Crippen molar-refractivity contribution in [3.63, 3.8) is 0 Å². The molecule has 2 aliphatic rings. The van der Waals surface area contributed by atoms with E-state index in [1.54, 1.807) is 13.3 Å². The third-order valence-electron chi connectivity index (χ3n) is 4.86. The number of pyridine rings is 1. The zero-order valence-corrected chi connectivity index (χ0v) is 12.8. The minimum Gasteiger partial charge on any atom is -0.497 e. The number of nitrogens with zero attached hydrogens (tertiary/aromatic N) is 4. The van der Waals surface area contributed by atoms with Gasteiger partial charge in [-0.2, -0.15) is 4.98 Å². The minimum atomic E-state index is 0.0423. The summed E-state index contributed by atoms with van der Waals surface area (Å²) in [5.74, 6) is 2.07. The summed E-state index contributed by atoms with van der Waals surface area (Å²) in [4.78, 5) is 11.5. The Bertz CT molecular complexity index is 660. The normalized spacial score (nSPS) is 27.6. The van der Waals surface area contributed by atoms with Crippen LogP contribution in [0.1, 0.15) is 31.6 Å². The number of fused-ring (bicyclic) bond motifs is 2. The van der Waals surface area contributed by atoms with Gasteiger partial charge in [-0.15, -0.1) is 0 Å². The molecule has 2 aromatic rings. The Morgan fingerprint density at radius 2 is 2.09 bits per heavy atom. The van der Waals surface area contributed by atoms with Crippen molar-refractivity contribution < 1.29 is 9.26 Å². The van der Waals surface area contributed by atoms with E-state index in [0.717, 1.165) is 31.0 Å². The van der Waals surface area contributed by atoms with Crippen LogP contribution in [-0.2, 0) is 5.41 Å². The van der Waals surface area contributed by atoms with Crippen LogP contribution in [0.25, 0.3) is 11.5 Å². The number of piperidine rings is 2. The highest BCUT2D eigenvalue weighted by Gasteiger charge is 2.44. The van der Waals surface area contributed by atoms with Crippen LogP contribution < -0.4 is 4.74 Å². The molecule has 0 radical (unpaired) electrons. The molecule has 2 saturated heterocycles. The lowest BCUT2D eigenvalue weighted by atomic mass is 9.73. The summed E-state index contributed by atoms with van der Waals surface area (Å²) in [6, 6.07) is 3.64. The van der Waals surface area contributed by atoms with Gasteiger partial charge in [-0.1, -0.05) is 5.16 Å². The van der Waals surface area contributed by atoms with E-state index in [9.17, 15) is 0 Å². The summed E-state index contributed by atoms with van der Waals surface area (Å²) in [5.41, 5.74) is 0.731. The Kier molecular flexibility index (Phi) is 3.33. The first kappa shape index (κ1) is 13.7. The molecule has 0 spiro atoms. The van der Waals surface area contributed by atoms with Crippen LogP contribution >= 0.6 is 0 Å². The van der Waals surface area contributed by atoms with Gasteiger partial charge >= 0.3 is 0 Å². The van der Waals surface area contributed by atoms with E-state index < -0.39 is 0 Å². The summed E-state index contributed by atoms with van der Waals surface area (Å²) in [5, 5.41) is 4.16. The molecule has 2 aromatic heterocycles. The molecule has 4 rings (SSSR count). The number of rotatable bonds is 3. The molecule has 4 heterocycles. The number of hydrogen-bond acceptors (Lipinski definition) is 6. The van der Waals surface area contributed by atoms with E-state index in [4.69, 9.17) is 9.26 Å². The lowest BCUT2D eigenvalue weighted by molar-refractivity contribution is 0.0711. The van der Waals surface area contributed by atoms with E-state index >= 15 is 0 Å². The van der Waals surface area contributed by atoms with Gasteiger partial charge in [0.15, 0.2) is 0 Å². The third-order valence-corrected chi connectivity index (χ3v) is 4.86. The first-order chi connectivity index (χ1) is 10.8. The first-order valence-corrected chi connectivity index (χ1v) is 7.86. The average Bonchev–Trinajstić information content (AvgIpc) is 3.06. The second kappa shape index (κ2) is 5.35. The first-order valence-electron chi connectivity index (χ1n) is 7.86. The minimum absolute atomic E-state index is 0.0423. The summed E-state index contributed by atoms with van der Waals surface area (Å²) in [7, 11) is 1.64. The average molecular weight is 300 g/mol. The van der Waals surface area contributed by atoms with Gasteiger partial charge in [-0.25, -0.2) is 0 Å². The molecule has 2 aliphatic heterocycles. The zero-order valence-electron chi connectivity index (χ0n) is 12.8. The lowest BCUT2D eigenvalue weighted by Gasteiger charge is -2.44. The van der Waals surface area contributed by atoms with Gasteiger partial charge in [-0.3, -0.25) is 4.98 Å². The second-order valence-electron chi connectivity index (χ2n) is 6.27. The van der Waals surface area contributed by atoms with Crippen molar-refractivity contribution in [3.05, 3.63) is 24.2 Å². The van der Waals surface area contributed by atoms with Crippen molar-refractivity contribution in [2.24, 2.45) is 0 Å². The van der Waals surface area contributed by atoms with Crippen LogP contribution in [0.4, 0.5) is 0 Å². The van der Waals surface area contributed by atoms with Crippen molar-refractivity contribution in [1.82, 2.24) is 20.0 Å². The molecule has 0 saturated carbocycles. The number of aromatic nitrogens is 3. The maximum atomic E-state index is 5.64. The molecule has 2 bridgehead atoms. The van der Waals surface area contributed by atoms with Crippen molar-refractivity contribution in [2.45, 2.75) is 31.1 Å². The summed E-state index contributed by atoms with van der Waals surface area (Å²) >= 11 is 0. The molecule has 0 N–H and O–H groups in total. The smallest absolute Gasteiger partial charge is 0.234 e. The Labute approximate surface area is 129 Å². The second-order valence-corrected chi connectivity index (χ2v) is 6.27. The van der Waals surface area contributed by atoms with Crippen molar-refractivity contribution in [3.8, 4) is 17.3 Å². The van der Waals surface area contributed by atoms with Crippen LogP contribution in [-0.4, -0.2) is 46.8 Å². The van der Waals surface area contributed by atoms with Crippen LogP contribution in [0.5, 0.6) is 5.75 Å². The lowest BCUT2D eigenvalue weighted by Crippen LogP contribution is -2.50. The van der Waals surface area contributed by atoms with Crippen LogP contribution in [0, 0.1) is 0 Å². The molecule has 0 aliphatic carbocycles. The molecule has 116 valence electrons. The SMILES string of the molecule is COc1ccnc(-c2noc(C34CCCN(CCC3)C4)n2)c1. The molecule has 0 aromatic carbocycles. The van der Waals surface area contributed by atoms with Crippen LogP contribution in [0.3, 0.4) is 0 Å². The highest BCUT2D eigenvalue weighted by Crippen LogP contribution is 2.40. The Balaban J connectivity index is 1.66. The van der Waals surface area contributed by atoms with Gasteiger partial charge in [0.05, 0.1) is 12.5 Å². The monoisotopic (exact) mass is 300 g/mol. The fourth-order valence-corrected chi connectivity index (χ4v) is 3.75. The third kappa shape index (κ3) is 2.27. The molecule has 0 amide bonds.